The average molecular weight is 189 g/mol. The van der Waals surface area contributed by atoms with Gasteiger partial charge in [-0.05, 0) is 19.3 Å². The molecule has 0 rings (SSSR count). The molecule has 0 radical (unpaired) electrons. The molecule has 2 atom stereocenters. The van der Waals surface area contributed by atoms with E-state index < -0.39 is 0 Å². The highest BCUT2D eigenvalue weighted by Crippen LogP contribution is 2.05. The second-order valence-electron chi connectivity index (χ2n) is 3.89. The van der Waals surface area contributed by atoms with Gasteiger partial charge in [0.15, 0.2) is 0 Å². The van der Waals surface area contributed by atoms with Crippen LogP contribution < -0.4 is 5.32 Å². The molecule has 0 aromatic rings. The van der Waals surface area contributed by atoms with Crippen molar-refractivity contribution in [1.82, 2.24) is 5.32 Å². The molecule has 0 saturated carbocycles. The fourth-order valence-electron chi connectivity index (χ4n) is 1.24. The van der Waals surface area contributed by atoms with E-state index in [-0.39, 0.29) is 6.10 Å². The van der Waals surface area contributed by atoms with Gasteiger partial charge in [-0.3, -0.25) is 0 Å². The second kappa shape index (κ2) is 7.30. The van der Waals surface area contributed by atoms with Crippen molar-refractivity contribution < 1.29 is 9.84 Å². The predicted molar refractivity (Wildman–Crippen MR) is 54.8 cm³/mol. The lowest BCUT2D eigenvalue weighted by molar-refractivity contribution is 0.155. The molecule has 0 amide bonds. The summed E-state index contributed by atoms with van der Waals surface area (Å²) in [5, 5.41) is 12.4. The fraction of sp³-hybridized carbons (Fsp3) is 1.00. The van der Waals surface area contributed by atoms with Crippen LogP contribution in [0.1, 0.15) is 27.2 Å². The smallest absolute Gasteiger partial charge is 0.0636 e. The lowest BCUT2D eigenvalue weighted by Crippen LogP contribution is -2.38. The van der Waals surface area contributed by atoms with Gasteiger partial charge in [0.05, 0.1) is 6.10 Å². The average Bonchev–Trinajstić information content (AvgIpc) is 2.03. The summed E-state index contributed by atoms with van der Waals surface area (Å²) in [6, 6.07) is 0.439. The number of hydrogen-bond donors (Lipinski definition) is 2. The van der Waals surface area contributed by atoms with Crippen LogP contribution in [0, 0.1) is 5.92 Å². The highest BCUT2D eigenvalue weighted by atomic mass is 16.5. The maximum absolute atomic E-state index is 9.11. The number of aliphatic hydroxyl groups is 1. The molecule has 0 fully saturated rings. The van der Waals surface area contributed by atoms with E-state index in [4.69, 9.17) is 9.84 Å². The molecule has 0 spiro atoms. The third kappa shape index (κ3) is 6.99. The summed E-state index contributed by atoms with van der Waals surface area (Å²) in [5.41, 5.74) is 0. The van der Waals surface area contributed by atoms with Crippen LogP contribution in [-0.2, 0) is 4.74 Å². The molecule has 0 aromatic carbocycles. The van der Waals surface area contributed by atoms with Crippen LogP contribution >= 0.6 is 0 Å². The van der Waals surface area contributed by atoms with Gasteiger partial charge in [-0.1, -0.05) is 13.8 Å². The quantitative estimate of drug-likeness (QED) is 0.628. The number of methoxy groups -OCH3 is 1. The number of nitrogens with one attached hydrogen (secondary N) is 1. The van der Waals surface area contributed by atoms with Crippen molar-refractivity contribution in [2.24, 2.45) is 5.92 Å². The monoisotopic (exact) mass is 189 g/mol. The highest BCUT2D eigenvalue weighted by molar-refractivity contribution is 4.71. The lowest BCUT2D eigenvalue weighted by atomic mass is 10.0. The Hall–Kier alpha value is -0.120. The first-order chi connectivity index (χ1) is 6.07. The Morgan fingerprint density at radius 2 is 1.92 bits per heavy atom. The van der Waals surface area contributed by atoms with Crippen LogP contribution in [0.2, 0.25) is 0 Å². The summed E-state index contributed by atoms with van der Waals surface area (Å²) in [6.45, 7) is 7.58. The zero-order valence-electron chi connectivity index (χ0n) is 9.21. The Morgan fingerprint density at radius 3 is 2.31 bits per heavy atom. The van der Waals surface area contributed by atoms with Gasteiger partial charge < -0.3 is 15.2 Å². The van der Waals surface area contributed by atoms with Crippen molar-refractivity contribution in [2.45, 2.75) is 39.3 Å². The van der Waals surface area contributed by atoms with E-state index in [1.165, 1.54) is 0 Å². The molecule has 0 aliphatic heterocycles. The predicted octanol–water partition coefficient (Wildman–Crippen LogP) is 1.02. The van der Waals surface area contributed by atoms with Crippen LogP contribution in [0.5, 0.6) is 0 Å². The minimum Gasteiger partial charge on any atom is -0.392 e. The van der Waals surface area contributed by atoms with E-state index >= 15 is 0 Å². The van der Waals surface area contributed by atoms with E-state index in [2.05, 4.69) is 19.2 Å². The first-order valence-electron chi connectivity index (χ1n) is 4.98. The van der Waals surface area contributed by atoms with Crippen LogP contribution in [-0.4, -0.2) is 37.5 Å². The number of ether oxygens (including phenoxy) is 1. The molecule has 2 N–H and O–H groups in total. The van der Waals surface area contributed by atoms with E-state index in [1.54, 1.807) is 14.0 Å². The Kier molecular flexibility index (Phi) is 7.23. The molecule has 0 aliphatic carbocycles. The summed E-state index contributed by atoms with van der Waals surface area (Å²) >= 11 is 0. The van der Waals surface area contributed by atoms with Crippen LogP contribution in [0.3, 0.4) is 0 Å². The number of hydrogen-bond acceptors (Lipinski definition) is 3. The van der Waals surface area contributed by atoms with Crippen molar-refractivity contribution in [2.75, 3.05) is 20.3 Å². The topological polar surface area (TPSA) is 41.5 Å². The maximum atomic E-state index is 9.11. The molecule has 3 nitrogen and oxygen atoms in total. The zero-order valence-corrected chi connectivity index (χ0v) is 9.21. The summed E-state index contributed by atoms with van der Waals surface area (Å²) in [7, 11) is 1.71. The Morgan fingerprint density at radius 1 is 1.31 bits per heavy atom. The lowest BCUT2D eigenvalue weighted by Gasteiger charge is -2.22. The highest BCUT2D eigenvalue weighted by Gasteiger charge is 2.12. The van der Waals surface area contributed by atoms with Gasteiger partial charge in [-0.25, -0.2) is 0 Å². The normalized spacial score (nSPS) is 16.2. The Bertz CT molecular complexity index is 115. The van der Waals surface area contributed by atoms with Crippen molar-refractivity contribution in [1.29, 1.82) is 0 Å². The standard InChI is InChI=1S/C10H23NO2/c1-8(2)10(5-6-13-4)11-7-9(3)12/h8-12H,5-7H2,1-4H3. The van der Waals surface area contributed by atoms with Gasteiger partial charge in [0.1, 0.15) is 0 Å². The molecule has 0 aromatic heterocycles. The van der Waals surface area contributed by atoms with Gasteiger partial charge in [-0.2, -0.15) is 0 Å². The molecule has 80 valence electrons. The van der Waals surface area contributed by atoms with Crippen LogP contribution in [0.4, 0.5) is 0 Å². The molecule has 3 heteroatoms. The third-order valence-corrected chi connectivity index (χ3v) is 2.11. The Balaban J connectivity index is 3.67. The zero-order chi connectivity index (χ0) is 10.3. The summed E-state index contributed by atoms with van der Waals surface area (Å²) < 4.78 is 5.03. The van der Waals surface area contributed by atoms with Gasteiger partial charge >= 0.3 is 0 Å². The number of aliphatic hydroxyl groups excluding tert-OH is 1. The molecule has 2 unspecified atom stereocenters. The van der Waals surface area contributed by atoms with E-state index in [0.717, 1.165) is 13.0 Å². The van der Waals surface area contributed by atoms with Gasteiger partial charge in [0.25, 0.3) is 0 Å². The molecule has 0 aliphatic rings. The van der Waals surface area contributed by atoms with Gasteiger partial charge in [-0.15, -0.1) is 0 Å². The first-order valence-corrected chi connectivity index (χ1v) is 4.98. The largest absolute Gasteiger partial charge is 0.392 e. The van der Waals surface area contributed by atoms with Gasteiger partial charge in [0, 0.05) is 26.3 Å². The Labute approximate surface area is 81.5 Å². The molecule has 0 bridgehead atoms. The first kappa shape index (κ1) is 12.9. The number of rotatable bonds is 7. The molecule has 13 heavy (non-hydrogen) atoms. The summed E-state index contributed by atoms with van der Waals surface area (Å²) in [6.07, 6.45) is 0.727. The van der Waals surface area contributed by atoms with Crippen LogP contribution in [0.25, 0.3) is 0 Å². The molecule has 0 heterocycles. The summed E-state index contributed by atoms with van der Waals surface area (Å²) in [4.78, 5) is 0. The van der Waals surface area contributed by atoms with Crippen molar-refractivity contribution in [3.05, 3.63) is 0 Å². The van der Waals surface area contributed by atoms with E-state index in [0.29, 0.717) is 18.5 Å². The molecule has 0 saturated heterocycles. The second-order valence-corrected chi connectivity index (χ2v) is 3.89. The molecular formula is C10H23NO2. The van der Waals surface area contributed by atoms with Crippen molar-refractivity contribution >= 4 is 0 Å². The molecular weight excluding hydrogens is 166 g/mol. The minimum absolute atomic E-state index is 0.274. The van der Waals surface area contributed by atoms with Crippen molar-refractivity contribution in [3.63, 3.8) is 0 Å². The van der Waals surface area contributed by atoms with Gasteiger partial charge in [0.2, 0.25) is 0 Å². The fourth-order valence-corrected chi connectivity index (χ4v) is 1.24. The summed E-state index contributed by atoms with van der Waals surface area (Å²) in [5.74, 6) is 0.578. The minimum atomic E-state index is -0.274. The van der Waals surface area contributed by atoms with Crippen LogP contribution in [0.15, 0.2) is 0 Å². The van der Waals surface area contributed by atoms with Crippen molar-refractivity contribution in [3.8, 4) is 0 Å². The third-order valence-electron chi connectivity index (χ3n) is 2.11. The van der Waals surface area contributed by atoms with E-state index in [9.17, 15) is 0 Å². The SMILES string of the molecule is COCCC(NCC(C)O)C(C)C. The van der Waals surface area contributed by atoms with E-state index in [1.807, 2.05) is 0 Å². The maximum Gasteiger partial charge on any atom is 0.0636 e.